The van der Waals surface area contributed by atoms with E-state index in [-0.39, 0.29) is 5.91 Å². The van der Waals surface area contributed by atoms with E-state index in [0.29, 0.717) is 18.9 Å². The zero-order valence-electron chi connectivity index (χ0n) is 15.6. The monoisotopic (exact) mass is 343 g/mol. The van der Waals surface area contributed by atoms with Gasteiger partial charge < -0.3 is 10.6 Å². The molecule has 0 aromatic heterocycles. The lowest BCUT2D eigenvalue weighted by Crippen LogP contribution is -2.32. The van der Waals surface area contributed by atoms with Gasteiger partial charge in [-0.15, -0.1) is 0 Å². The normalized spacial score (nSPS) is 22.2. The van der Waals surface area contributed by atoms with Crippen molar-refractivity contribution in [2.24, 2.45) is 11.8 Å². The SMILES string of the molecule is CC1CCN(Cc2ccc(CNC(=O)CCC3CCNC3)cc2)CC1. The number of piperidine rings is 1. The van der Waals surface area contributed by atoms with Crippen molar-refractivity contribution in [3.8, 4) is 0 Å². The molecule has 0 aliphatic carbocycles. The minimum Gasteiger partial charge on any atom is -0.352 e. The zero-order chi connectivity index (χ0) is 17.5. The molecule has 4 heteroatoms. The Balaban J connectivity index is 1.36. The molecule has 2 fully saturated rings. The fourth-order valence-corrected chi connectivity index (χ4v) is 3.83. The maximum atomic E-state index is 12.0. The largest absolute Gasteiger partial charge is 0.352 e. The van der Waals surface area contributed by atoms with Gasteiger partial charge in [0.15, 0.2) is 0 Å². The van der Waals surface area contributed by atoms with Crippen molar-refractivity contribution in [1.82, 2.24) is 15.5 Å². The highest BCUT2D eigenvalue weighted by molar-refractivity contribution is 5.75. The van der Waals surface area contributed by atoms with Crippen LogP contribution in [0.5, 0.6) is 0 Å². The first kappa shape index (κ1) is 18.4. The number of rotatable bonds is 7. The van der Waals surface area contributed by atoms with Crippen LogP contribution in [-0.4, -0.2) is 37.0 Å². The van der Waals surface area contributed by atoms with Crippen LogP contribution < -0.4 is 10.6 Å². The topological polar surface area (TPSA) is 44.4 Å². The summed E-state index contributed by atoms with van der Waals surface area (Å²) in [4.78, 5) is 14.5. The number of nitrogens with one attached hydrogen (secondary N) is 2. The van der Waals surface area contributed by atoms with Crippen molar-refractivity contribution < 1.29 is 4.79 Å². The third kappa shape index (κ3) is 6.12. The van der Waals surface area contributed by atoms with E-state index < -0.39 is 0 Å². The van der Waals surface area contributed by atoms with Gasteiger partial charge in [0.25, 0.3) is 0 Å². The van der Waals surface area contributed by atoms with Crippen LogP contribution >= 0.6 is 0 Å². The third-order valence-corrected chi connectivity index (χ3v) is 5.74. The number of likely N-dealkylation sites (tertiary alicyclic amines) is 1. The summed E-state index contributed by atoms with van der Waals surface area (Å²) >= 11 is 0. The van der Waals surface area contributed by atoms with E-state index in [0.717, 1.165) is 32.0 Å². The van der Waals surface area contributed by atoms with Gasteiger partial charge in [-0.25, -0.2) is 0 Å². The molecule has 2 heterocycles. The summed E-state index contributed by atoms with van der Waals surface area (Å²) in [7, 11) is 0. The number of carbonyl (C=O) groups excluding carboxylic acids is 1. The van der Waals surface area contributed by atoms with E-state index in [2.05, 4.69) is 46.7 Å². The zero-order valence-corrected chi connectivity index (χ0v) is 15.6. The highest BCUT2D eigenvalue weighted by Gasteiger charge is 2.16. The molecule has 2 aliphatic heterocycles. The number of hydrogen-bond acceptors (Lipinski definition) is 3. The maximum Gasteiger partial charge on any atom is 0.220 e. The van der Waals surface area contributed by atoms with Crippen molar-refractivity contribution in [2.45, 2.75) is 52.1 Å². The van der Waals surface area contributed by atoms with Gasteiger partial charge in [0.1, 0.15) is 0 Å². The van der Waals surface area contributed by atoms with Crippen LogP contribution in [0.1, 0.15) is 50.2 Å². The number of carbonyl (C=O) groups is 1. The van der Waals surface area contributed by atoms with Crippen molar-refractivity contribution in [3.05, 3.63) is 35.4 Å². The molecule has 0 radical (unpaired) electrons. The Labute approximate surface area is 152 Å². The number of nitrogens with zero attached hydrogens (tertiary/aromatic N) is 1. The minimum absolute atomic E-state index is 0.179. The lowest BCUT2D eigenvalue weighted by atomic mass is 9.99. The van der Waals surface area contributed by atoms with Crippen molar-refractivity contribution in [1.29, 1.82) is 0 Å². The molecule has 1 amide bonds. The highest BCUT2D eigenvalue weighted by Crippen LogP contribution is 2.18. The lowest BCUT2D eigenvalue weighted by Gasteiger charge is -2.30. The first-order chi connectivity index (χ1) is 12.2. The minimum atomic E-state index is 0.179. The molecule has 4 nitrogen and oxygen atoms in total. The van der Waals surface area contributed by atoms with Crippen LogP contribution in [0.25, 0.3) is 0 Å². The summed E-state index contributed by atoms with van der Waals surface area (Å²) in [5.74, 6) is 1.74. The van der Waals surface area contributed by atoms with Gasteiger partial charge in [-0.2, -0.15) is 0 Å². The summed E-state index contributed by atoms with van der Waals surface area (Å²) in [5, 5.41) is 6.41. The summed E-state index contributed by atoms with van der Waals surface area (Å²) in [6.07, 6.45) is 5.51. The molecule has 25 heavy (non-hydrogen) atoms. The van der Waals surface area contributed by atoms with Gasteiger partial charge in [-0.3, -0.25) is 9.69 Å². The van der Waals surface area contributed by atoms with Crippen LogP contribution in [0.3, 0.4) is 0 Å². The lowest BCUT2D eigenvalue weighted by molar-refractivity contribution is -0.121. The van der Waals surface area contributed by atoms with Gasteiger partial charge in [-0.1, -0.05) is 31.2 Å². The van der Waals surface area contributed by atoms with Crippen LogP contribution in [0.15, 0.2) is 24.3 Å². The van der Waals surface area contributed by atoms with Crippen molar-refractivity contribution in [2.75, 3.05) is 26.2 Å². The molecule has 3 rings (SSSR count). The van der Waals surface area contributed by atoms with Crippen LogP contribution in [0.2, 0.25) is 0 Å². The maximum absolute atomic E-state index is 12.0. The molecule has 1 aromatic carbocycles. The third-order valence-electron chi connectivity index (χ3n) is 5.74. The van der Waals surface area contributed by atoms with E-state index in [4.69, 9.17) is 0 Å². The fourth-order valence-electron chi connectivity index (χ4n) is 3.83. The summed E-state index contributed by atoms with van der Waals surface area (Å²) in [5.41, 5.74) is 2.56. The Hall–Kier alpha value is -1.39. The smallest absolute Gasteiger partial charge is 0.220 e. The molecule has 1 unspecified atom stereocenters. The average molecular weight is 344 g/mol. The standard InChI is InChI=1S/C21H33N3O/c1-17-9-12-24(13-10-17)16-20-4-2-18(3-5-20)15-23-21(25)7-6-19-8-11-22-14-19/h2-5,17,19,22H,6-16H2,1H3,(H,23,25). The number of amides is 1. The van der Waals surface area contributed by atoms with E-state index >= 15 is 0 Å². The quantitative estimate of drug-likeness (QED) is 0.800. The molecule has 2 aliphatic rings. The van der Waals surface area contributed by atoms with Gasteiger partial charge in [-0.05, 0) is 74.8 Å². The number of benzene rings is 1. The summed E-state index contributed by atoms with van der Waals surface area (Å²) in [6, 6.07) is 8.74. The van der Waals surface area contributed by atoms with Crippen LogP contribution in [0, 0.1) is 11.8 Å². The molecular weight excluding hydrogens is 310 g/mol. The molecule has 0 spiro atoms. The summed E-state index contributed by atoms with van der Waals surface area (Å²) < 4.78 is 0. The van der Waals surface area contributed by atoms with Gasteiger partial charge in [0.2, 0.25) is 5.91 Å². The second-order valence-corrected chi connectivity index (χ2v) is 7.95. The predicted octanol–water partition coefficient (Wildman–Crippen LogP) is 2.92. The molecule has 138 valence electrons. The van der Waals surface area contributed by atoms with Crippen molar-refractivity contribution in [3.63, 3.8) is 0 Å². The Morgan fingerprint density at radius 3 is 2.56 bits per heavy atom. The van der Waals surface area contributed by atoms with Gasteiger partial charge in [0, 0.05) is 19.5 Å². The average Bonchev–Trinajstić information content (AvgIpc) is 3.15. The Morgan fingerprint density at radius 2 is 1.88 bits per heavy atom. The van der Waals surface area contributed by atoms with E-state index in [1.54, 1.807) is 0 Å². The van der Waals surface area contributed by atoms with Crippen LogP contribution in [-0.2, 0) is 17.9 Å². The fraction of sp³-hybridized carbons (Fsp3) is 0.667. The second-order valence-electron chi connectivity index (χ2n) is 7.95. The molecule has 1 aromatic rings. The molecule has 2 saturated heterocycles. The highest BCUT2D eigenvalue weighted by atomic mass is 16.1. The Morgan fingerprint density at radius 1 is 1.16 bits per heavy atom. The molecular formula is C21H33N3O. The summed E-state index contributed by atoms with van der Waals surface area (Å²) in [6.45, 7) is 8.66. The van der Waals surface area contributed by atoms with E-state index in [9.17, 15) is 4.79 Å². The van der Waals surface area contributed by atoms with Crippen LogP contribution in [0.4, 0.5) is 0 Å². The molecule has 2 N–H and O–H groups in total. The predicted molar refractivity (Wildman–Crippen MR) is 102 cm³/mol. The van der Waals surface area contributed by atoms with Gasteiger partial charge in [0.05, 0.1) is 0 Å². The first-order valence-electron chi connectivity index (χ1n) is 9.96. The van der Waals surface area contributed by atoms with Gasteiger partial charge >= 0.3 is 0 Å². The molecule has 0 bridgehead atoms. The van der Waals surface area contributed by atoms with E-state index in [1.165, 1.54) is 43.5 Å². The molecule has 0 saturated carbocycles. The number of hydrogen-bond donors (Lipinski definition) is 2. The first-order valence-corrected chi connectivity index (χ1v) is 9.96. The molecule has 1 atom stereocenters. The Bertz CT molecular complexity index is 529. The second kappa shape index (κ2) is 9.35. The van der Waals surface area contributed by atoms with Crippen molar-refractivity contribution >= 4 is 5.91 Å². The Kier molecular flexibility index (Phi) is 6.88. The van der Waals surface area contributed by atoms with E-state index in [1.807, 2.05) is 0 Å².